The van der Waals surface area contributed by atoms with E-state index in [-0.39, 0.29) is 5.82 Å². The summed E-state index contributed by atoms with van der Waals surface area (Å²) >= 11 is 0. The summed E-state index contributed by atoms with van der Waals surface area (Å²) in [5, 5.41) is 0. The first-order chi connectivity index (χ1) is 10.2. The van der Waals surface area contributed by atoms with Gasteiger partial charge in [-0.1, -0.05) is 0 Å². The van der Waals surface area contributed by atoms with Crippen LogP contribution in [0.1, 0.15) is 5.69 Å². The van der Waals surface area contributed by atoms with Crippen molar-refractivity contribution in [2.45, 2.75) is 6.54 Å². The molecule has 1 aliphatic rings. The van der Waals surface area contributed by atoms with Crippen LogP contribution in [0.5, 0.6) is 0 Å². The van der Waals surface area contributed by atoms with E-state index in [9.17, 15) is 4.39 Å². The minimum absolute atomic E-state index is 0.190. The summed E-state index contributed by atoms with van der Waals surface area (Å²) < 4.78 is 12.9. The highest BCUT2D eigenvalue weighted by Gasteiger charge is 2.17. The molecule has 0 amide bonds. The highest BCUT2D eigenvalue weighted by atomic mass is 19.1. The predicted octanol–water partition coefficient (Wildman–Crippen LogP) is 2.13. The van der Waals surface area contributed by atoms with E-state index in [0.717, 1.165) is 49.8 Å². The molecule has 2 heterocycles. The predicted molar refractivity (Wildman–Crippen MR) is 82.5 cm³/mol. The standard InChI is InChI=1S/C16H19FN4/c17-13-1-3-16(4-2-13)21-9-7-20(8-10-21)12-15-11-14(18)5-6-19-15/h1-6,11H,7-10,12H2,(H2,18,19). The van der Waals surface area contributed by atoms with Crippen molar-refractivity contribution in [1.29, 1.82) is 0 Å². The number of pyridine rings is 1. The molecule has 1 aromatic heterocycles. The minimum Gasteiger partial charge on any atom is -0.399 e. The van der Waals surface area contributed by atoms with Crippen LogP contribution in [0.2, 0.25) is 0 Å². The fourth-order valence-corrected chi connectivity index (χ4v) is 2.63. The molecule has 0 aliphatic carbocycles. The largest absolute Gasteiger partial charge is 0.399 e. The summed E-state index contributed by atoms with van der Waals surface area (Å²) in [5.41, 5.74) is 8.62. The van der Waals surface area contributed by atoms with Crippen molar-refractivity contribution in [2.75, 3.05) is 36.8 Å². The number of nitrogen functional groups attached to an aromatic ring is 1. The van der Waals surface area contributed by atoms with E-state index in [1.807, 2.05) is 18.2 Å². The Bertz CT molecular complexity index is 591. The van der Waals surface area contributed by atoms with Gasteiger partial charge in [0.1, 0.15) is 5.82 Å². The number of halogens is 1. The molecule has 2 N–H and O–H groups in total. The molecule has 2 aromatic rings. The van der Waals surface area contributed by atoms with Gasteiger partial charge in [-0.2, -0.15) is 0 Å². The van der Waals surface area contributed by atoms with Crippen molar-refractivity contribution in [1.82, 2.24) is 9.88 Å². The smallest absolute Gasteiger partial charge is 0.123 e. The molecular formula is C16H19FN4. The van der Waals surface area contributed by atoms with E-state index in [0.29, 0.717) is 0 Å². The molecule has 110 valence electrons. The second-order valence-electron chi connectivity index (χ2n) is 5.32. The third kappa shape index (κ3) is 3.49. The summed E-state index contributed by atoms with van der Waals surface area (Å²) in [4.78, 5) is 8.99. The van der Waals surface area contributed by atoms with Gasteiger partial charge < -0.3 is 10.6 Å². The summed E-state index contributed by atoms with van der Waals surface area (Å²) in [5.74, 6) is -0.190. The Morgan fingerprint density at radius 1 is 1.05 bits per heavy atom. The van der Waals surface area contributed by atoms with Gasteiger partial charge in [0.25, 0.3) is 0 Å². The number of hydrogen-bond acceptors (Lipinski definition) is 4. The maximum atomic E-state index is 12.9. The molecule has 3 rings (SSSR count). The zero-order valence-corrected chi connectivity index (χ0v) is 11.9. The molecule has 1 fully saturated rings. The van der Waals surface area contributed by atoms with E-state index in [1.54, 1.807) is 12.3 Å². The van der Waals surface area contributed by atoms with Gasteiger partial charge in [-0.3, -0.25) is 9.88 Å². The summed E-state index contributed by atoms with van der Waals surface area (Å²) in [6.45, 7) is 4.63. The van der Waals surface area contributed by atoms with E-state index in [4.69, 9.17) is 5.73 Å². The van der Waals surface area contributed by atoms with Crippen LogP contribution >= 0.6 is 0 Å². The maximum Gasteiger partial charge on any atom is 0.123 e. The molecule has 1 aromatic carbocycles. The molecule has 0 atom stereocenters. The molecule has 0 saturated carbocycles. The van der Waals surface area contributed by atoms with Gasteiger partial charge in [-0.15, -0.1) is 0 Å². The van der Waals surface area contributed by atoms with E-state index >= 15 is 0 Å². The highest BCUT2D eigenvalue weighted by molar-refractivity contribution is 5.46. The molecule has 4 nitrogen and oxygen atoms in total. The van der Waals surface area contributed by atoms with Crippen LogP contribution in [0.4, 0.5) is 15.8 Å². The van der Waals surface area contributed by atoms with Crippen LogP contribution in [-0.2, 0) is 6.54 Å². The lowest BCUT2D eigenvalue weighted by Gasteiger charge is -2.36. The van der Waals surface area contributed by atoms with Crippen molar-refractivity contribution in [3.8, 4) is 0 Å². The molecule has 0 unspecified atom stereocenters. The molecule has 21 heavy (non-hydrogen) atoms. The Balaban J connectivity index is 1.56. The van der Waals surface area contributed by atoms with E-state index < -0.39 is 0 Å². The van der Waals surface area contributed by atoms with Crippen LogP contribution in [-0.4, -0.2) is 36.1 Å². The summed E-state index contributed by atoms with van der Waals surface area (Å²) in [6, 6.07) is 10.4. The molecule has 1 saturated heterocycles. The lowest BCUT2D eigenvalue weighted by atomic mass is 10.2. The van der Waals surface area contributed by atoms with Crippen LogP contribution in [0, 0.1) is 5.82 Å². The molecule has 0 radical (unpaired) electrons. The van der Waals surface area contributed by atoms with Crippen molar-refractivity contribution >= 4 is 11.4 Å². The van der Waals surface area contributed by atoms with Gasteiger partial charge >= 0.3 is 0 Å². The SMILES string of the molecule is Nc1ccnc(CN2CCN(c3ccc(F)cc3)CC2)c1. The third-order valence-corrected chi connectivity index (χ3v) is 3.79. The zero-order chi connectivity index (χ0) is 14.7. The van der Waals surface area contributed by atoms with E-state index in [2.05, 4.69) is 14.8 Å². The second kappa shape index (κ2) is 6.10. The van der Waals surface area contributed by atoms with Crippen LogP contribution in [0.3, 0.4) is 0 Å². The topological polar surface area (TPSA) is 45.4 Å². The zero-order valence-electron chi connectivity index (χ0n) is 11.9. The number of piperazine rings is 1. The molecule has 0 spiro atoms. The molecule has 0 bridgehead atoms. The molecular weight excluding hydrogens is 267 g/mol. The van der Waals surface area contributed by atoms with Crippen molar-refractivity contribution in [2.24, 2.45) is 0 Å². The lowest BCUT2D eigenvalue weighted by Crippen LogP contribution is -2.46. The minimum atomic E-state index is -0.190. The summed E-state index contributed by atoms with van der Waals surface area (Å²) in [7, 11) is 0. The first-order valence-electron chi connectivity index (χ1n) is 7.14. The first kappa shape index (κ1) is 13.8. The fourth-order valence-electron chi connectivity index (χ4n) is 2.63. The van der Waals surface area contributed by atoms with Gasteiger partial charge in [-0.05, 0) is 36.4 Å². The Labute approximate surface area is 124 Å². The second-order valence-corrected chi connectivity index (χ2v) is 5.32. The van der Waals surface area contributed by atoms with Crippen molar-refractivity contribution in [3.63, 3.8) is 0 Å². The van der Waals surface area contributed by atoms with E-state index in [1.165, 1.54) is 12.1 Å². The molecule has 1 aliphatic heterocycles. The number of rotatable bonds is 3. The Morgan fingerprint density at radius 2 is 1.76 bits per heavy atom. The third-order valence-electron chi connectivity index (χ3n) is 3.79. The quantitative estimate of drug-likeness (QED) is 0.939. The number of anilines is 2. The van der Waals surface area contributed by atoms with Crippen molar-refractivity contribution < 1.29 is 4.39 Å². The Hall–Kier alpha value is -2.14. The highest BCUT2D eigenvalue weighted by Crippen LogP contribution is 2.17. The lowest BCUT2D eigenvalue weighted by molar-refractivity contribution is 0.247. The molecule has 5 heteroatoms. The van der Waals surface area contributed by atoms with Crippen LogP contribution < -0.4 is 10.6 Å². The van der Waals surface area contributed by atoms with Gasteiger partial charge in [0.2, 0.25) is 0 Å². The van der Waals surface area contributed by atoms with Gasteiger partial charge in [-0.25, -0.2) is 4.39 Å². The van der Waals surface area contributed by atoms with Gasteiger partial charge in [0.15, 0.2) is 0 Å². The number of benzene rings is 1. The average Bonchev–Trinajstić information content (AvgIpc) is 2.49. The van der Waals surface area contributed by atoms with Crippen molar-refractivity contribution in [3.05, 3.63) is 54.1 Å². The first-order valence-corrected chi connectivity index (χ1v) is 7.14. The fraction of sp³-hybridized carbons (Fsp3) is 0.312. The monoisotopic (exact) mass is 286 g/mol. The number of hydrogen-bond donors (Lipinski definition) is 1. The van der Waals surface area contributed by atoms with Crippen LogP contribution in [0.15, 0.2) is 42.6 Å². The number of nitrogens with zero attached hydrogens (tertiary/aromatic N) is 3. The Morgan fingerprint density at radius 3 is 2.43 bits per heavy atom. The summed E-state index contributed by atoms with van der Waals surface area (Å²) in [6.07, 6.45) is 1.75. The maximum absolute atomic E-state index is 12.9. The van der Waals surface area contributed by atoms with Crippen LogP contribution in [0.25, 0.3) is 0 Å². The number of aromatic nitrogens is 1. The average molecular weight is 286 g/mol. The number of nitrogens with two attached hydrogens (primary N) is 1. The van der Waals surface area contributed by atoms with Gasteiger partial charge in [0, 0.05) is 50.3 Å². The normalized spacial score (nSPS) is 16.1. The van der Waals surface area contributed by atoms with Gasteiger partial charge in [0.05, 0.1) is 5.69 Å². The Kier molecular flexibility index (Phi) is 4.01.